The van der Waals surface area contributed by atoms with Crippen LogP contribution < -0.4 is 4.74 Å². The number of rotatable bonds is 3. The Morgan fingerprint density at radius 1 is 0.929 bits per heavy atom. The number of ether oxygens (including phenoxy) is 1. The third-order valence-corrected chi connectivity index (χ3v) is 2.53. The quantitative estimate of drug-likeness (QED) is 0.605. The van der Waals surface area contributed by atoms with Gasteiger partial charge in [0.15, 0.2) is 0 Å². The maximum atomic E-state index is 5.65. The molecule has 68 valence electrons. The van der Waals surface area contributed by atoms with E-state index in [0.717, 1.165) is 5.75 Å². The molecule has 0 heterocycles. The second kappa shape index (κ2) is 2.88. The van der Waals surface area contributed by atoms with Gasteiger partial charge in [-0.25, -0.2) is 0 Å². The Bertz CT molecular complexity index is 543. The fourth-order valence-electron chi connectivity index (χ4n) is 1.61. The van der Waals surface area contributed by atoms with Crippen LogP contribution in [0, 0.1) is 10.4 Å². The highest BCUT2D eigenvalue weighted by atomic mass is 16.5. The van der Waals surface area contributed by atoms with Crippen molar-refractivity contribution in [1.82, 2.24) is 0 Å². The van der Waals surface area contributed by atoms with Crippen molar-refractivity contribution in [3.05, 3.63) is 64.5 Å². The van der Waals surface area contributed by atoms with Gasteiger partial charge in [0.25, 0.3) is 0 Å². The molecule has 1 heteroatoms. The summed E-state index contributed by atoms with van der Waals surface area (Å²) in [6.45, 7) is 0.664. The normalized spacial score (nSPS) is 11.1. The first kappa shape index (κ1) is 7.63. The molecule has 0 saturated carbocycles. The minimum absolute atomic E-state index is 0.664. The van der Waals surface area contributed by atoms with Crippen LogP contribution in [-0.4, -0.2) is 0 Å². The van der Waals surface area contributed by atoms with E-state index in [1.165, 1.54) is 16.0 Å². The molecule has 0 aromatic heterocycles. The Kier molecular flexibility index (Phi) is 1.57. The average Bonchev–Trinajstić information content (AvgIpc) is 2.22. The lowest BCUT2D eigenvalue weighted by atomic mass is 10.1. The summed E-state index contributed by atoms with van der Waals surface area (Å²) in [5, 5.41) is 2.61. The standard InChI is InChI=1S/C13H10O/c1-2-4-10(5-3-1)9-14-13-8-11-6-7-12(11)13/h1-8H,9H2. The van der Waals surface area contributed by atoms with Gasteiger partial charge in [0.1, 0.15) is 12.4 Å². The predicted molar refractivity (Wildman–Crippen MR) is 54.9 cm³/mol. The first-order chi connectivity index (χ1) is 6.93. The van der Waals surface area contributed by atoms with E-state index in [-0.39, 0.29) is 0 Å². The molecule has 0 atom stereocenters. The van der Waals surface area contributed by atoms with Gasteiger partial charge in [0.05, 0.1) is 0 Å². The predicted octanol–water partition coefficient (Wildman–Crippen LogP) is 2.87. The molecule has 0 bridgehead atoms. The van der Waals surface area contributed by atoms with Crippen molar-refractivity contribution in [2.24, 2.45) is 0 Å². The molecule has 0 radical (unpaired) electrons. The molecule has 0 unspecified atom stereocenters. The van der Waals surface area contributed by atoms with Crippen molar-refractivity contribution in [3.63, 3.8) is 0 Å². The van der Waals surface area contributed by atoms with E-state index in [2.05, 4.69) is 30.3 Å². The molecule has 1 nitrogen and oxygen atoms in total. The number of benzene rings is 2. The van der Waals surface area contributed by atoms with E-state index < -0.39 is 0 Å². The minimum atomic E-state index is 0.664. The summed E-state index contributed by atoms with van der Waals surface area (Å²) in [6.07, 6.45) is 0. The van der Waals surface area contributed by atoms with Crippen LogP contribution in [0.25, 0.3) is 0 Å². The number of hydrogen-bond donors (Lipinski definition) is 0. The fraction of sp³-hybridized carbons (Fsp3) is 0.0769. The topological polar surface area (TPSA) is 9.23 Å². The lowest BCUT2D eigenvalue weighted by molar-refractivity contribution is 0.300. The molecular weight excluding hydrogens is 172 g/mol. The van der Waals surface area contributed by atoms with E-state index in [0.29, 0.717) is 6.61 Å². The van der Waals surface area contributed by atoms with Crippen molar-refractivity contribution in [2.45, 2.75) is 6.61 Å². The summed E-state index contributed by atoms with van der Waals surface area (Å²) in [5.41, 5.74) is 1.21. The smallest absolute Gasteiger partial charge is 0.128 e. The molecule has 0 N–H and O–H groups in total. The first-order valence-corrected chi connectivity index (χ1v) is 4.75. The van der Waals surface area contributed by atoms with Crippen LogP contribution in [0.1, 0.15) is 5.56 Å². The third-order valence-electron chi connectivity index (χ3n) is 2.53. The molecule has 1 aromatic rings. The molecule has 1 aromatic carbocycles. The van der Waals surface area contributed by atoms with Gasteiger partial charge in [-0.1, -0.05) is 42.5 Å². The van der Waals surface area contributed by atoms with Crippen LogP contribution in [0.2, 0.25) is 0 Å². The minimum Gasteiger partial charge on any atom is -0.488 e. The lowest BCUT2D eigenvalue weighted by Gasteiger charge is -2.12. The highest BCUT2D eigenvalue weighted by Gasteiger charge is 2.06. The van der Waals surface area contributed by atoms with Crippen molar-refractivity contribution in [2.75, 3.05) is 0 Å². The summed E-state index contributed by atoms with van der Waals surface area (Å²) in [6, 6.07) is 16.5. The molecule has 0 saturated heterocycles. The van der Waals surface area contributed by atoms with Crippen molar-refractivity contribution >= 4 is 0 Å². The van der Waals surface area contributed by atoms with Crippen LogP contribution in [0.4, 0.5) is 0 Å². The molecule has 3 rings (SSSR count). The maximum absolute atomic E-state index is 5.65. The summed E-state index contributed by atoms with van der Waals surface area (Å²) in [7, 11) is 0. The van der Waals surface area contributed by atoms with Gasteiger partial charge in [-0.2, -0.15) is 0 Å². The Morgan fingerprint density at radius 3 is 2.36 bits per heavy atom. The monoisotopic (exact) mass is 182 g/mol. The molecule has 0 fully saturated rings. The zero-order valence-corrected chi connectivity index (χ0v) is 7.73. The highest BCUT2D eigenvalue weighted by molar-refractivity contribution is 5.38. The Labute approximate surface area is 82.3 Å². The van der Waals surface area contributed by atoms with Crippen LogP contribution in [-0.2, 0) is 6.61 Å². The van der Waals surface area contributed by atoms with Crippen molar-refractivity contribution in [1.29, 1.82) is 0 Å². The van der Waals surface area contributed by atoms with Crippen LogP contribution in [0.3, 0.4) is 0 Å². The van der Waals surface area contributed by atoms with Crippen LogP contribution in [0.5, 0.6) is 5.75 Å². The van der Waals surface area contributed by atoms with Gasteiger partial charge in [-0.15, -0.1) is 0 Å². The Hall–Kier alpha value is -1.76. The Morgan fingerprint density at radius 2 is 1.79 bits per heavy atom. The second-order valence-electron chi connectivity index (χ2n) is 3.49. The second-order valence-corrected chi connectivity index (χ2v) is 3.49. The first-order valence-electron chi connectivity index (χ1n) is 4.75. The van der Waals surface area contributed by atoms with Crippen LogP contribution >= 0.6 is 0 Å². The van der Waals surface area contributed by atoms with Crippen molar-refractivity contribution < 1.29 is 4.74 Å². The molecule has 0 aliphatic heterocycles. The maximum Gasteiger partial charge on any atom is 0.128 e. The zero-order valence-electron chi connectivity index (χ0n) is 7.73. The lowest BCUT2D eigenvalue weighted by Crippen LogP contribution is -2.00. The van der Waals surface area contributed by atoms with Crippen LogP contribution in [0.15, 0.2) is 48.5 Å². The average molecular weight is 182 g/mol. The van der Waals surface area contributed by atoms with E-state index in [1.807, 2.05) is 18.2 Å². The van der Waals surface area contributed by atoms with E-state index in [9.17, 15) is 0 Å². The Balaban J connectivity index is 1.70. The van der Waals surface area contributed by atoms with Gasteiger partial charge in [0, 0.05) is 5.22 Å². The molecule has 14 heavy (non-hydrogen) atoms. The van der Waals surface area contributed by atoms with Crippen molar-refractivity contribution in [3.8, 4) is 5.75 Å². The summed E-state index contributed by atoms with van der Waals surface area (Å²) in [4.78, 5) is 0. The van der Waals surface area contributed by atoms with Gasteiger partial charge < -0.3 is 4.74 Å². The fourth-order valence-corrected chi connectivity index (χ4v) is 1.61. The zero-order chi connectivity index (χ0) is 9.38. The molecule has 0 spiro atoms. The van der Waals surface area contributed by atoms with Gasteiger partial charge in [0.2, 0.25) is 0 Å². The largest absolute Gasteiger partial charge is 0.488 e. The SMILES string of the molecule is c1ccc(COc2cc3ccc2=3)cc1. The molecule has 0 amide bonds. The molecule has 2 aliphatic rings. The van der Waals surface area contributed by atoms with E-state index in [4.69, 9.17) is 4.74 Å². The van der Waals surface area contributed by atoms with Gasteiger partial charge in [-0.3, -0.25) is 0 Å². The highest BCUT2D eigenvalue weighted by Crippen LogP contribution is 2.24. The summed E-state index contributed by atoms with van der Waals surface area (Å²) >= 11 is 0. The molecular formula is C13H10O. The van der Waals surface area contributed by atoms with E-state index >= 15 is 0 Å². The third kappa shape index (κ3) is 1.10. The summed E-state index contributed by atoms with van der Waals surface area (Å²) in [5.74, 6) is 1.03. The van der Waals surface area contributed by atoms with Gasteiger partial charge >= 0.3 is 0 Å². The van der Waals surface area contributed by atoms with E-state index in [1.54, 1.807) is 0 Å². The summed E-state index contributed by atoms with van der Waals surface area (Å²) < 4.78 is 5.65. The molecule has 2 aliphatic carbocycles. The van der Waals surface area contributed by atoms with Gasteiger partial charge in [-0.05, 0) is 16.8 Å². The number of hydrogen-bond acceptors (Lipinski definition) is 1.